The standard InChI is InChI=1S/C11H13NO4/c1-6-3-8(10(15)5-9(6)14)12-11(16)4-7(2)13/h3,5,14-15H,4H2,1-2H3,(H,12,16). The Balaban J connectivity index is 2.85. The van der Waals surface area contributed by atoms with Crippen molar-refractivity contribution in [3.8, 4) is 11.5 Å². The van der Waals surface area contributed by atoms with Gasteiger partial charge >= 0.3 is 0 Å². The second kappa shape index (κ2) is 4.65. The molecule has 0 aromatic heterocycles. The Morgan fingerprint density at radius 2 is 1.88 bits per heavy atom. The highest BCUT2D eigenvalue weighted by atomic mass is 16.3. The number of nitrogens with one attached hydrogen (secondary N) is 1. The number of amides is 1. The van der Waals surface area contributed by atoms with Crippen LogP contribution in [0, 0.1) is 6.92 Å². The van der Waals surface area contributed by atoms with Gasteiger partial charge in [-0.2, -0.15) is 0 Å². The summed E-state index contributed by atoms with van der Waals surface area (Å²) in [5, 5.41) is 21.1. The largest absolute Gasteiger partial charge is 0.508 e. The Morgan fingerprint density at radius 3 is 2.44 bits per heavy atom. The summed E-state index contributed by atoms with van der Waals surface area (Å²) in [6.45, 7) is 2.94. The number of aromatic hydroxyl groups is 2. The predicted molar refractivity (Wildman–Crippen MR) is 58.4 cm³/mol. The molecule has 0 saturated carbocycles. The molecule has 5 heteroatoms. The van der Waals surface area contributed by atoms with E-state index in [0.29, 0.717) is 5.56 Å². The van der Waals surface area contributed by atoms with Crippen LogP contribution in [0.2, 0.25) is 0 Å². The van der Waals surface area contributed by atoms with Gasteiger partial charge in [0.05, 0.1) is 12.1 Å². The number of phenolic OH excluding ortho intramolecular Hbond substituents is 2. The van der Waals surface area contributed by atoms with Gasteiger partial charge in [-0.25, -0.2) is 0 Å². The van der Waals surface area contributed by atoms with E-state index in [4.69, 9.17) is 0 Å². The third kappa shape index (κ3) is 2.98. The first-order valence-electron chi connectivity index (χ1n) is 4.72. The number of anilines is 1. The highest BCUT2D eigenvalue weighted by Crippen LogP contribution is 2.30. The summed E-state index contributed by atoms with van der Waals surface area (Å²) in [6.07, 6.45) is -0.237. The minimum absolute atomic E-state index is 0.0536. The van der Waals surface area contributed by atoms with Gasteiger partial charge in [0, 0.05) is 6.07 Å². The summed E-state index contributed by atoms with van der Waals surface area (Å²) in [6, 6.07) is 2.57. The Bertz CT molecular complexity index is 440. The quantitative estimate of drug-likeness (QED) is 0.410. The fourth-order valence-corrected chi connectivity index (χ4v) is 1.21. The van der Waals surface area contributed by atoms with Crippen LogP contribution in [0.4, 0.5) is 5.69 Å². The van der Waals surface area contributed by atoms with E-state index in [2.05, 4.69) is 5.32 Å². The van der Waals surface area contributed by atoms with Gasteiger partial charge in [-0.15, -0.1) is 0 Å². The van der Waals surface area contributed by atoms with Crippen LogP contribution in [0.1, 0.15) is 18.9 Å². The van der Waals surface area contributed by atoms with Crippen molar-refractivity contribution < 1.29 is 19.8 Å². The van der Waals surface area contributed by atoms with Crippen molar-refractivity contribution in [3.63, 3.8) is 0 Å². The minimum Gasteiger partial charge on any atom is -0.508 e. The average molecular weight is 223 g/mol. The van der Waals surface area contributed by atoms with Crippen molar-refractivity contribution in [2.75, 3.05) is 5.32 Å². The third-order valence-corrected chi connectivity index (χ3v) is 2.00. The van der Waals surface area contributed by atoms with Gasteiger partial charge in [0.1, 0.15) is 17.3 Å². The molecule has 0 atom stereocenters. The molecule has 0 fully saturated rings. The number of hydrogen-bond acceptors (Lipinski definition) is 4. The zero-order valence-electron chi connectivity index (χ0n) is 9.07. The lowest BCUT2D eigenvalue weighted by atomic mass is 10.1. The topological polar surface area (TPSA) is 86.6 Å². The number of carbonyl (C=O) groups is 2. The number of carbonyl (C=O) groups excluding carboxylic acids is 2. The normalized spacial score (nSPS) is 9.88. The number of rotatable bonds is 3. The molecule has 1 rings (SSSR count). The fourth-order valence-electron chi connectivity index (χ4n) is 1.21. The SMILES string of the molecule is CC(=O)CC(=O)Nc1cc(C)c(O)cc1O. The van der Waals surface area contributed by atoms with Gasteiger partial charge < -0.3 is 15.5 Å². The summed E-state index contributed by atoms with van der Waals surface area (Å²) in [5.41, 5.74) is 0.706. The first-order valence-corrected chi connectivity index (χ1v) is 4.72. The van der Waals surface area contributed by atoms with Crippen LogP contribution in [0.25, 0.3) is 0 Å². The molecule has 0 aliphatic rings. The zero-order chi connectivity index (χ0) is 12.3. The van der Waals surface area contributed by atoms with Gasteiger partial charge in [-0.05, 0) is 25.5 Å². The van der Waals surface area contributed by atoms with Crippen molar-refractivity contribution in [3.05, 3.63) is 17.7 Å². The summed E-state index contributed by atoms with van der Waals surface area (Å²) in [5.74, 6) is -1.04. The molecule has 1 aromatic carbocycles. The molecule has 0 radical (unpaired) electrons. The van der Waals surface area contributed by atoms with E-state index in [1.165, 1.54) is 13.0 Å². The van der Waals surface area contributed by atoms with Crippen LogP contribution in [0.3, 0.4) is 0 Å². The molecule has 0 bridgehead atoms. The first-order chi connectivity index (χ1) is 7.40. The summed E-state index contributed by atoms with van der Waals surface area (Å²) in [7, 11) is 0. The second-order valence-electron chi connectivity index (χ2n) is 3.58. The number of Topliss-reactive ketones (excluding diaryl/α,β-unsaturated/α-hetero) is 1. The summed E-state index contributed by atoms with van der Waals surface area (Å²) >= 11 is 0. The van der Waals surface area contributed by atoms with Crippen LogP contribution in [-0.4, -0.2) is 21.9 Å². The van der Waals surface area contributed by atoms with Crippen molar-refractivity contribution in [2.45, 2.75) is 20.3 Å². The van der Waals surface area contributed by atoms with E-state index in [0.717, 1.165) is 6.07 Å². The maximum absolute atomic E-state index is 11.3. The first kappa shape index (κ1) is 12.0. The van der Waals surface area contributed by atoms with Crippen molar-refractivity contribution in [2.24, 2.45) is 0 Å². The molecule has 0 saturated heterocycles. The molecule has 16 heavy (non-hydrogen) atoms. The zero-order valence-corrected chi connectivity index (χ0v) is 9.07. The maximum atomic E-state index is 11.3. The number of aryl methyl sites for hydroxylation is 1. The molecule has 0 unspecified atom stereocenters. The fraction of sp³-hybridized carbons (Fsp3) is 0.273. The van der Waals surface area contributed by atoms with Gasteiger partial charge in [-0.3, -0.25) is 9.59 Å². The Hall–Kier alpha value is -2.04. The Morgan fingerprint density at radius 1 is 1.25 bits per heavy atom. The molecule has 3 N–H and O–H groups in total. The lowest BCUT2D eigenvalue weighted by Gasteiger charge is -2.08. The van der Waals surface area contributed by atoms with Gasteiger partial charge in [0.25, 0.3) is 0 Å². The summed E-state index contributed by atoms with van der Waals surface area (Å²) < 4.78 is 0. The van der Waals surface area contributed by atoms with E-state index in [1.54, 1.807) is 6.92 Å². The Labute approximate surface area is 92.7 Å². The lowest BCUT2D eigenvalue weighted by Crippen LogP contribution is -2.14. The molecule has 0 aliphatic heterocycles. The van der Waals surface area contributed by atoms with Gasteiger partial charge in [0.15, 0.2) is 0 Å². The molecule has 86 valence electrons. The van der Waals surface area contributed by atoms with E-state index in [-0.39, 0.29) is 29.4 Å². The number of benzene rings is 1. The third-order valence-electron chi connectivity index (χ3n) is 2.00. The molecule has 1 amide bonds. The Kier molecular flexibility index (Phi) is 3.50. The average Bonchev–Trinajstić information content (AvgIpc) is 2.12. The van der Waals surface area contributed by atoms with E-state index < -0.39 is 5.91 Å². The molecule has 0 spiro atoms. The van der Waals surface area contributed by atoms with Crippen LogP contribution in [0.15, 0.2) is 12.1 Å². The number of ketones is 1. The molecule has 1 aromatic rings. The predicted octanol–water partition coefficient (Wildman–Crippen LogP) is 1.32. The van der Waals surface area contributed by atoms with E-state index >= 15 is 0 Å². The molecule has 5 nitrogen and oxygen atoms in total. The van der Waals surface area contributed by atoms with Crippen LogP contribution in [-0.2, 0) is 9.59 Å². The van der Waals surface area contributed by atoms with Crippen LogP contribution >= 0.6 is 0 Å². The second-order valence-corrected chi connectivity index (χ2v) is 3.58. The van der Waals surface area contributed by atoms with Crippen LogP contribution in [0.5, 0.6) is 11.5 Å². The minimum atomic E-state index is -0.493. The highest BCUT2D eigenvalue weighted by molar-refractivity contribution is 6.04. The van der Waals surface area contributed by atoms with Crippen molar-refractivity contribution >= 4 is 17.4 Å². The van der Waals surface area contributed by atoms with Crippen LogP contribution < -0.4 is 5.32 Å². The lowest BCUT2D eigenvalue weighted by molar-refractivity contribution is -0.124. The smallest absolute Gasteiger partial charge is 0.231 e. The summed E-state index contributed by atoms with van der Waals surface area (Å²) in [4.78, 5) is 22.0. The highest BCUT2D eigenvalue weighted by Gasteiger charge is 2.10. The van der Waals surface area contributed by atoms with E-state index in [9.17, 15) is 19.8 Å². The molecular weight excluding hydrogens is 210 g/mol. The monoisotopic (exact) mass is 223 g/mol. The number of hydrogen-bond donors (Lipinski definition) is 3. The van der Waals surface area contributed by atoms with E-state index in [1.807, 2.05) is 0 Å². The maximum Gasteiger partial charge on any atom is 0.231 e. The molecular formula is C11H13NO4. The molecule has 0 heterocycles. The van der Waals surface area contributed by atoms with Gasteiger partial charge in [-0.1, -0.05) is 0 Å². The van der Waals surface area contributed by atoms with Gasteiger partial charge in [0.2, 0.25) is 5.91 Å². The molecule has 0 aliphatic carbocycles. The van der Waals surface area contributed by atoms with Crippen molar-refractivity contribution in [1.82, 2.24) is 0 Å². The number of phenols is 2. The van der Waals surface area contributed by atoms with Crippen molar-refractivity contribution in [1.29, 1.82) is 0 Å².